The van der Waals surface area contributed by atoms with Crippen molar-refractivity contribution in [2.75, 3.05) is 24.5 Å². The van der Waals surface area contributed by atoms with Crippen LogP contribution in [-0.4, -0.2) is 46.1 Å². The Morgan fingerprint density at radius 2 is 2.20 bits per heavy atom. The number of anilines is 1. The summed E-state index contributed by atoms with van der Waals surface area (Å²) in [5, 5.41) is 8.31. The topological polar surface area (TPSA) is 58.4 Å². The highest BCUT2D eigenvalue weighted by Gasteiger charge is 2.50. The zero-order valence-electron chi connectivity index (χ0n) is 14.4. The van der Waals surface area contributed by atoms with E-state index < -0.39 is 5.41 Å². The third-order valence-electron chi connectivity index (χ3n) is 5.36. The minimum absolute atomic E-state index is 0.0690. The Morgan fingerprint density at radius 1 is 1.32 bits per heavy atom. The lowest BCUT2D eigenvalue weighted by molar-refractivity contribution is -0.138. The number of nitrogens with zero attached hydrogens (tertiary/aromatic N) is 4. The van der Waals surface area contributed by atoms with E-state index in [0.717, 1.165) is 43.7 Å². The minimum Gasteiger partial charge on any atom is -0.341 e. The van der Waals surface area contributed by atoms with Gasteiger partial charge in [-0.25, -0.2) is 0 Å². The molecule has 6 nitrogen and oxygen atoms in total. The molecular weight excluding hydrogens is 336 g/mol. The number of likely N-dealkylation sites (tertiary alicyclic amines) is 1. The van der Waals surface area contributed by atoms with Crippen molar-refractivity contribution in [2.24, 2.45) is 12.5 Å². The molecule has 2 aromatic heterocycles. The first-order valence-corrected chi connectivity index (χ1v) is 9.62. The highest BCUT2D eigenvalue weighted by atomic mass is 32.1. The zero-order valence-corrected chi connectivity index (χ0v) is 15.2. The van der Waals surface area contributed by atoms with Gasteiger partial charge in [0.2, 0.25) is 11.8 Å². The van der Waals surface area contributed by atoms with Crippen LogP contribution in [0.4, 0.5) is 5.69 Å². The highest BCUT2D eigenvalue weighted by Crippen LogP contribution is 2.42. The maximum atomic E-state index is 13.1. The Bertz CT molecular complexity index is 785. The smallest absolute Gasteiger partial charge is 0.235 e. The second-order valence-electron chi connectivity index (χ2n) is 7.05. The van der Waals surface area contributed by atoms with Gasteiger partial charge in [-0.2, -0.15) is 16.4 Å². The number of thiophene rings is 1. The summed E-state index contributed by atoms with van der Waals surface area (Å²) in [5.41, 5.74) is 1.37. The monoisotopic (exact) mass is 358 g/mol. The fourth-order valence-corrected chi connectivity index (χ4v) is 4.67. The fraction of sp³-hybridized carbons (Fsp3) is 0.500. The Labute approximate surface area is 151 Å². The average Bonchev–Trinajstić information content (AvgIpc) is 3.32. The van der Waals surface area contributed by atoms with E-state index in [0.29, 0.717) is 13.0 Å². The van der Waals surface area contributed by atoms with Crippen molar-refractivity contribution in [1.82, 2.24) is 14.7 Å². The summed E-state index contributed by atoms with van der Waals surface area (Å²) in [6.45, 7) is 2.02. The summed E-state index contributed by atoms with van der Waals surface area (Å²) < 4.78 is 1.71. The van der Waals surface area contributed by atoms with Gasteiger partial charge in [0.1, 0.15) is 0 Å². The fourth-order valence-electron chi connectivity index (χ4n) is 4.03. The number of hydrogen-bond acceptors (Lipinski definition) is 4. The van der Waals surface area contributed by atoms with Crippen molar-refractivity contribution in [1.29, 1.82) is 0 Å². The molecule has 1 atom stereocenters. The Kier molecular flexibility index (Phi) is 4.11. The van der Waals surface area contributed by atoms with E-state index in [1.54, 1.807) is 16.0 Å². The van der Waals surface area contributed by atoms with Gasteiger partial charge >= 0.3 is 0 Å². The lowest BCUT2D eigenvalue weighted by Crippen LogP contribution is -2.50. The lowest BCUT2D eigenvalue weighted by Gasteiger charge is -2.39. The van der Waals surface area contributed by atoms with Gasteiger partial charge in [0.15, 0.2) is 0 Å². The predicted octanol–water partition coefficient (Wildman–Crippen LogP) is 2.07. The van der Waals surface area contributed by atoms with Crippen LogP contribution in [0, 0.1) is 5.41 Å². The number of carbonyl (C=O) groups excluding carboxylic acids is 2. The maximum absolute atomic E-state index is 13.1. The van der Waals surface area contributed by atoms with Crippen molar-refractivity contribution in [3.8, 4) is 0 Å². The van der Waals surface area contributed by atoms with Crippen molar-refractivity contribution in [3.63, 3.8) is 0 Å². The molecule has 4 heterocycles. The van der Waals surface area contributed by atoms with Crippen molar-refractivity contribution in [3.05, 3.63) is 34.8 Å². The van der Waals surface area contributed by atoms with Crippen LogP contribution in [0.25, 0.3) is 0 Å². The minimum atomic E-state index is -0.403. The Hall–Kier alpha value is -2.15. The molecule has 0 aliphatic carbocycles. The van der Waals surface area contributed by atoms with E-state index in [-0.39, 0.29) is 11.8 Å². The summed E-state index contributed by atoms with van der Waals surface area (Å²) in [4.78, 5) is 29.5. The van der Waals surface area contributed by atoms with Crippen LogP contribution in [0.5, 0.6) is 0 Å². The third kappa shape index (κ3) is 2.97. The van der Waals surface area contributed by atoms with E-state index in [9.17, 15) is 9.59 Å². The quantitative estimate of drug-likeness (QED) is 0.844. The zero-order chi connectivity index (χ0) is 17.4. The molecule has 2 aromatic rings. The molecule has 2 aliphatic heterocycles. The van der Waals surface area contributed by atoms with Gasteiger partial charge in [-0.3, -0.25) is 14.3 Å². The van der Waals surface area contributed by atoms with Crippen LogP contribution >= 0.6 is 11.3 Å². The van der Waals surface area contributed by atoms with Crippen LogP contribution in [-0.2, 0) is 23.1 Å². The number of amides is 2. The molecule has 132 valence electrons. The molecule has 0 bridgehead atoms. The molecule has 2 aliphatic rings. The SMILES string of the molecule is Cn1ccc(CC(=O)N2CCCC3(CCN(c4ccsc4)C3=O)C2)n1. The summed E-state index contributed by atoms with van der Waals surface area (Å²) in [5.74, 6) is 0.251. The molecular formula is C18H22N4O2S. The van der Waals surface area contributed by atoms with E-state index in [2.05, 4.69) is 5.10 Å². The van der Waals surface area contributed by atoms with Gasteiger partial charge in [0, 0.05) is 38.3 Å². The molecule has 7 heteroatoms. The van der Waals surface area contributed by atoms with Gasteiger partial charge in [0.05, 0.1) is 23.2 Å². The van der Waals surface area contributed by atoms with Crippen LogP contribution in [0.1, 0.15) is 25.0 Å². The number of aromatic nitrogens is 2. The second kappa shape index (κ2) is 6.29. The molecule has 2 amide bonds. The Balaban J connectivity index is 1.47. The first-order valence-electron chi connectivity index (χ1n) is 8.68. The van der Waals surface area contributed by atoms with Crippen molar-refractivity contribution < 1.29 is 9.59 Å². The van der Waals surface area contributed by atoms with Crippen LogP contribution in [0.3, 0.4) is 0 Å². The van der Waals surface area contributed by atoms with Gasteiger partial charge in [-0.15, -0.1) is 0 Å². The summed E-state index contributed by atoms with van der Waals surface area (Å²) >= 11 is 1.60. The first-order chi connectivity index (χ1) is 12.1. The standard InChI is InChI=1S/C18H22N4O2S/c1-20-8-3-14(19-20)11-16(23)21-7-2-5-18(13-21)6-9-22(17(18)24)15-4-10-25-12-15/h3-4,8,10,12H,2,5-7,9,11,13H2,1H3. The molecule has 1 unspecified atom stereocenters. The molecule has 0 radical (unpaired) electrons. The predicted molar refractivity (Wildman–Crippen MR) is 96.4 cm³/mol. The summed E-state index contributed by atoms with van der Waals surface area (Å²) in [7, 11) is 1.85. The molecule has 0 saturated carbocycles. The first kappa shape index (κ1) is 16.3. The average molecular weight is 358 g/mol. The van der Waals surface area contributed by atoms with Crippen molar-refractivity contribution >= 4 is 28.8 Å². The maximum Gasteiger partial charge on any atom is 0.235 e. The molecule has 2 saturated heterocycles. The van der Waals surface area contributed by atoms with Crippen LogP contribution < -0.4 is 4.90 Å². The third-order valence-corrected chi connectivity index (χ3v) is 6.03. The molecule has 0 N–H and O–H groups in total. The van der Waals surface area contributed by atoms with Gasteiger partial charge in [-0.05, 0) is 36.8 Å². The van der Waals surface area contributed by atoms with E-state index >= 15 is 0 Å². The highest BCUT2D eigenvalue weighted by molar-refractivity contribution is 7.08. The number of carbonyl (C=O) groups is 2. The number of hydrogen-bond donors (Lipinski definition) is 0. The molecule has 0 aromatic carbocycles. The number of piperidine rings is 1. The summed E-state index contributed by atoms with van der Waals surface area (Å²) in [6.07, 6.45) is 4.74. The lowest BCUT2D eigenvalue weighted by atomic mass is 9.78. The molecule has 1 spiro atoms. The summed E-state index contributed by atoms with van der Waals surface area (Å²) in [6, 6.07) is 3.87. The van der Waals surface area contributed by atoms with Crippen LogP contribution in [0.2, 0.25) is 0 Å². The van der Waals surface area contributed by atoms with E-state index in [4.69, 9.17) is 0 Å². The van der Waals surface area contributed by atoms with Crippen LogP contribution in [0.15, 0.2) is 29.1 Å². The molecule has 4 rings (SSSR count). The van der Waals surface area contributed by atoms with E-state index in [1.165, 1.54) is 0 Å². The molecule has 25 heavy (non-hydrogen) atoms. The number of rotatable bonds is 3. The van der Waals surface area contributed by atoms with Gasteiger partial charge in [-0.1, -0.05) is 0 Å². The normalized spacial score (nSPS) is 23.6. The van der Waals surface area contributed by atoms with Crippen molar-refractivity contribution in [2.45, 2.75) is 25.7 Å². The molecule has 2 fully saturated rings. The van der Waals surface area contributed by atoms with E-state index in [1.807, 2.05) is 45.9 Å². The van der Waals surface area contributed by atoms with Gasteiger partial charge in [0.25, 0.3) is 0 Å². The van der Waals surface area contributed by atoms with Gasteiger partial charge < -0.3 is 9.80 Å². The second-order valence-corrected chi connectivity index (χ2v) is 7.83. The number of aryl methyl sites for hydroxylation is 1. The largest absolute Gasteiger partial charge is 0.341 e. The Morgan fingerprint density at radius 3 is 2.92 bits per heavy atom.